The molecule has 2 rings (SSSR count). The predicted octanol–water partition coefficient (Wildman–Crippen LogP) is 2.55. The SMILES string of the molecule is CS(=O)(=O)c1ccc(C(=O)O)c(Cl)c1S(=O)(=O)C1CCCCC1. The molecule has 1 aromatic rings. The number of benzene rings is 1. The van der Waals surface area contributed by atoms with Crippen LogP contribution in [0.1, 0.15) is 42.5 Å². The van der Waals surface area contributed by atoms with E-state index in [1.165, 1.54) is 0 Å². The molecule has 0 saturated heterocycles. The highest BCUT2D eigenvalue weighted by atomic mass is 35.5. The average molecular weight is 381 g/mol. The van der Waals surface area contributed by atoms with Crippen LogP contribution in [0.15, 0.2) is 21.9 Å². The van der Waals surface area contributed by atoms with Gasteiger partial charge in [0.1, 0.15) is 4.90 Å². The van der Waals surface area contributed by atoms with Crippen LogP contribution in [0.5, 0.6) is 0 Å². The summed E-state index contributed by atoms with van der Waals surface area (Å²) in [6.07, 6.45) is 4.09. The van der Waals surface area contributed by atoms with Gasteiger partial charge < -0.3 is 5.11 Å². The van der Waals surface area contributed by atoms with Crippen LogP contribution in [0.4, 0.5) is 0 Å². The van der Waals surface area contributed by atoms with E-state index >= 15 is 0 Å². The second-order valence-electron chi connectivity index (χ2n) is 5.64. The molecule has 1 fully saturated rings. The topological polar surface area (TPSA) is 106 Å². The van der Waals surface area contributed by atoms with Crippen molar-refractivity contribution in [2.75, 3.05) is 6.26 Å². The molecule has 0 aromatic heterocycles. The van der Waals surface area contributed by atoms with Gasteiger partial charge in [-0.25, -0.2) is 21.6 Å². The number of carboxylic acids is 1. The third-order valence-corrected chi connectivity index (χ3v) is 8.08. The Morgan fingerprint density at radius 3 is 2.17 bits per heavy atom. The summed E-state index contributed by atoms with van der Waals surface area (Å²) >= 11 is 5.99. The lowest BCUT2D eigenvalue weighted by atomic mass is 10.0. The summed E-state index contributed by atoms with van der Waals surface area (Å²) in [5, 5.41) is 7.86. The monoisotopic (exact) mass is 380 g/mol. The van der Waals surface area contributed by atoms with E-state index in [2.05, 4.69) is 0 Å². The number of rotatable bonds is 4. The fourth-order valence-electron chi connectivity index (χ4n) is 2.80. The molecule has 1 saturated carbocycles. The molecule has 0 spiro atoms. The van der Waals surface area contributed by atoms with E-state index < -0.39 is 51.3 Å². The maximum Gasteiger partial charge on any atom is 0.337 e. The van der Waals surface area contributed by atoms with Crippen molar-refractivity contribution < 1.29 is 26.7 Å². The number of hydrogen-bond acceptors (Lipinski definition) is 5. The molecule has 1 N–H and O–H groups in total. The Hall–Kier alpha value is -1.12. The third-order valence-electron chi connectivity index (χ3n) is 3.97. The van der Waals surface area contributed by atoms with Gasteiger partial charge in [-0.1, -0.05) is 30.9 Å². The molecule has 0 aliphatic heterocycles. The van der Waals surface area contributed by atoms with E-state index in [0.29, 0.717) is 12.8 Å². The number of carboxylic acid groups (broad SMARTS) is 1. The minimum absolute atomic E-state index is 0.416. The molecule has 0 heterocycles. The summed E-state index contributed by atoms with van der Waals surface area (Å²) < 4.78 is 49.7. The molecule has 0 radical (unpaired) electrons. The van der Waals surface area contributed by atoms with Crippen molar-refractivity contribution in [2.24, 2.45) is 0 Å². The zero-order valence-corrected chi connectivity index (χ0v) is 14.8. The Morgan fingerprint density at radius 2 is 1.70 bits per heavy atom. The van der Waals surface area contributed by atoms with Gasteiger partial charge >= 0.3 is 5.97 Å². The zero-order chi connectivity index (χ0) is 17.4. The first-order valence-electron chi connectivity index (χ1n) is 7.06. The highest BCUT2D eigenvalue weighted by Crippen LogP contribution is 2.37. The second kappa shape index (κ2) is 6.41. The predicted molar refractivity (Wildman–Crippen MR) is 85.6 cm³/mol. The summed E-state index contributed by atoms with van der Waals surface area (Å²) in [7, 11) is -7.91. The highest BCUT2D eigenvalue weighted by Gasteiger charge is 2.36. The van der Waals surface area contributed by atoms with Gasteiger partial charge in [0.2, 0.25) is 0 Å². The number of hydrogen-bond donors (Lipinski definition) is 1. The molecule has 9 heteroatoms. The van der Waals surface area contributed by atoms with Crippen LogP contribution in [0.2, 0.25) is 5.02 Å². The molecule has 1 aliphatic rings. The van der Waals surface area contributed by atoms with Crippen molar-refractivity contribution in [2.45, 2.75) is 47.1 Å². The molecular formula is C14H17ClO6S2. The van der Waals surface area contributed by atoms with Crippen molar-refractivity contribution in [3.05, 3.63) is 22.7 Å². The molecule has 0 unspecified atom stereocenters. The van der Waals surface area contributed by atoms with Gasteiger partial charge in [-0.3, -0.25) is 0 Å². The van der Waals surface area contributed by atoms with Crippen LogP contribution in [0.25, 0.3) is 0 Å². The fourth-order valence-corrected chi connectivity index (χ4v) is 6.98. The van der Waals surface area contributed by atoms with Gasteiger partial charge in [-0.15, -0.1) is 0 Å². The number of carbonyl (C=O) groups is 1. The first-order valence-corrected chi connectivity index (χ1v) is 10.9. The molecule has 128 valence electrons. The van der Waals surface area contributed by atoms with Crippen molar-refractivity contribution in [1.29, 1.82) is 0 Å². The van der Waals surface area contributed by atoms with Crippen molar-refractivity contribution in [3.8, 4) is 0 Å². The van der Waals surface area contributed by atoms with Crippen LogP contribution in [0, 0.1) is 0 Å². The molecule has 23 heavy (non-hydrogen) atoms. The van der Waals surface area contributed by atoms with Crippen LogP contribution >= 0.6 is 11.6 Å². The van der Waals surface area contributed by atoms with Gasteiger partial charge in [0.15, 0.2) is 19.7 Å². The lowest BCUT2D eigenvalue weighted by Crippen LogP contribution is -2.26. The largest absolute Gasteiger partial charge is 0.478 e. The van der Waals surface area contributed by atoms with Crippen molar-refractivity contribution in [1.82, 2.24) is 0 Å². The standard InChI is InChI=1S/C14H17ClO6S2/c1-22(18,19)11-8-7-10(14(16)17)12(15)13(11)23(20,21)9-5-3-2-4-6-9/h7-9H,2-6H2,1H3,(H,16,17). The summed E-state index contributed by atoms with van der Waals surface area (Å²) in [4.78, 5) is 10.2. The van der Waals surface area contributed by atoms with Crippen LogP contribution in [-0.2, 0) is 19.7 Å². The number of halogens is 1. The molecular weight excluding hydrogens is 364 g/mol. The lowest BCUT2D eigenvalue weighted by molar-refractivity contribution is 0.0696. The average Bonchev–Trinajstić information content (AvgIpc) is 2.46. The van der Waals surface area contributed by atoms with Crippen LogP contribution < -0.4 is 0 Å². The molecule has 0 amide bonds. The number of sulfone groups is 2. The molecule has 1 aromatic carbocycles. The van der Waals surface area contributed by atoms with Gasteiger partial charge in [0.25, 0.3) is 0 Å². The lowest BCUT2D eigenvalue weighted by Gasteiger charge is -2.23. The van der Waals surface area contributed by atoms with E-state index in [0.717, 1.165) is 37.7 Å². The van der Waals surface area contributed by atoms with Crippen LogP contribution in [0.3, 0.4) is 0 Å². The first-order chi connectivity index (χ1) is 10.6. The maximum absolute atomic E-state index is 12.9. The zero-order valence-electron chi connectivity index (χ0n) is 12.5. The Balaban J connectivity index is 2.76. The Labute approximate surface area is 140 Å². The summed E-state index contributed by atoms with van der Waals surface area (Å²) in [5.41, 5.74) is -0.423. The van der Waals surface area contributed by atoms with E-state index in [1.807, 2.05) is 0 Å². The minimum Gasteiger partial charge on any atom is -0.478 e. The van der Waals surface area contributed by atoms with E-state index in [9.17, 15) is 21.6 Å². The minimum atomic E-state index is -4.04. The smallest absolute Gasteiger partial charge is 0.337 e. The quantitative estimate of drug-likeness (QED) is 0.860. The highest BCUT2D eigenvalue weighted by molar-refractivity contribution is 7.94. The van der Waals surface area contributed by atoms with Gasteiger partial charge in [-0.05, 0) is 25.0 Å². The summed E-state index contributed by atoms with van der Waals surface area (Å²) in [6, 6.07) is 2.02. The Bertz CT molecular complexity index is 836. The fraction of sp³-hybridized carbons (Fsp3) is 0.500. The third kappa shape index (κ3) is 3.54. The molecule has 1 aliphatic carbocycles. The van der Waals surface area contributed by atoms with Crippen molar-refractivity contribution >= 4 is 37.2 Å². The van der Waals surface area contributed by atoms with Crippen LogP contribution in [-0.4, -0.2) is 39.4 Å². The van der Waals surface area contributed by atoms with Gasteiger partial charge in [0.05, 0.1) is 20.7 Å². The van der Waals surface area contributed by atoms with Gasteiger partial charge in [0, 0.05) is 6.26 Å². The van der Waals surface area contributed by atoms with E-state index in [-0.39, 0.29) is 0 Å². The van der Waals surface area contributed by atoms with Gasteiger partial charge in [-0.2, -0.15) is 0 Å². The summed E-state index contributed by atoms with van der Waals surface area (Å²) in [5.74, 6) is -1.41. The molecule has 0 atom stereocenters. The van der Waals surface area contributed by atoms with E-state index in [1.54, 1.807) is 0 Å². The first kappa shape index (κ1) is 18.2. The Morgan fingerprint density at radius 1 is 1.13 bits per heavy atom. The maximum atomic E-state index is 12.9. The Kier molecular flexibility index (Phi) is 5.08. The van der Waals surface area contributed by atoms with E-state index in [4.69, 9.17) is 16.7 Å². The normalized spacial score (nSPS) is 17.1. The molecule has 6 nitrogen and oxygen atoms in total. The van der Waals surface area contributed by atoms with Crippen molar-refractivity contribution in [3.63, 3.8) is 0 Å². The molecule has 0 bridgehead atoms. The number of aromatic carboxylic acids is 1. The second-order valence-corrected chi connectivity index (χ2v) is 10.2. The summed E-state index contributed by atoms with van der Waals surface area (Å²) in [6.45, 7) is 0.